The number of halogens is 1. The van der Waals surface area contributed by atoms with Gasteiger partial charge in [-0.05, 0) is 6.92 Å². The fourth-order valence-corrected chi connectivity index (χ4v) is 0.214. The summed E-state index contributed by atoms with van der Waals surface area (Å²) < 4.78 is 4.32. The van der Waals surface area contributed by atoms with Gasteiger partial charge in [-0.3, -0.25) is 0 Å². The molecule has 0 aliphatic heterocycles. The maximum atomic E-state index is 9.85. The Labute approximate surface area is 59.9 Å². The summed E-state index contributed by atoms with van der Waals surface area (Å²) in [6.45, 7) is 1.91. The normalized spacial score (nSPS) is 11.3. The van der Waals surface area contributed by atoms with E-state index < -0.39 is 6.09 Å². The van der Waals surface area contributed by atoms with Crippen LogP contribution in [0.5, 0.6) is 0 Å². The van der Waals surface area contributed by atoms with Gasteiger partial charge in [-0.25, -0.2) is 4.79 Å². The summed E-state index contributed by atoms with van der Waals surface area (Å²) in [5, 5.41) is 0. The van der Waals surface area contributed by atoms with Crippen LogP contribution in [0.4, 0.5) is 4.79 Å². The molecule has 0 aliphatic carbocycles. The molecule has 0 aromatic rings. The van der Waals surface area contributed by atoms with Crippen LogP contribution in [0, 0.1) is 0 Å². The number of carbonyl (C=O) groups excluding carboxylic acids is 1. The Balaban J connectivity index is 0. The van der Waals surface area contributed by atoms with Crippen molar-refractivity contribution in [3.05, 3.63) is 0 Å². The average molecular weight is 155 g/mol. The van der Waals surface area contributed by atoms with Gasteiger partial charge in [0.2, 0.25) is 0 Å². The van der Waals surface area contributed by atoms with Crippen molar-refractivity contribution in [2.24, 2.45) is 11.5 Å². The van der Waals surface area contributed by atoms with Crippen LogP contribution in [-0.4, -0.2) is 18.7 Å². The molecule has 0 fully saturated rings. The van der Waals surface area contributed by atoms with E-state index in [1.54, 1.807) is 6.92 Å². The third-order valence-corrected chi connectivity index (χ3v) is 0.488. The van der Waals surface area contributed by atoms with Crippen LogP contribution >= 0.6 is 12.4 Å². The van der Waals surface area contributed by atoms with E-state index in [1.165, 1.54) is 0 Å². The van der Waals surface area contributed by atoms with Crippen LogP contribution in [0.2, 0.25) is 0 Å². The second-order valence-electron chi connectivity index (χ2n) is 1.61. The summed E-state index contributed by atoms with van der Waals surface area (Å²) >= 11 is 0. The molecule has 0 saturated heterocycles. The second-order valence-corrected chi connectivity index (χ2v) is 1.61. The third kappa shape index (κ3) is 11.2. The predicted molar refractivity (Wildman–Crippen MR) is 36.4 cm³/mol. The molecule has 4 N–H and O–H groups in total. The summed E-state index contributed by atoms with van der Waals surface area (Å²) in [7, 11) is 0. The first-order chi connectivity index (χ1) is 3.63. The Hall–Kier alpha value is -0.480. The number of hydrogen-bond donors (Lipinski definition) is 2. The maximum absolute atomic E-state index is 9.85. The highest BCUT2D eigenvalue weighted by molar-refractivity contribution is 5.85. The summed E-state index contributed by atoms with van der Waals surface area (Å²) in [6.07, 6.45) is -0.776. The number of hydrogen-bond acceptors (Lipinski definition) is 3. The molecule has 0 spiro atoms. The van der Waals surface area contributed by atoms with Gasteiger partial charge in [0.1, 0.15) is 6.61 Å². The first kappa shape index (κ1) is 11.3. The van der Waals surface area contributed by atoms with E-state index in [0.717, 1.165) is 0 Å². The zero-order valence-corrected chi connectivity index (χ0v) is 5.98. The lowest BCUT2D eigenvalue weighted by molar-refractivity contribution is 0.151. The quantitative estimate of drug-likeness (QED) is 0.581. The lowest BCUT2D eigenvalue weighted by Gasteiger charge is -2.02. The van der Waals surface area contributed by atoms with E-state index in [-0.39, 0.29) is 25.1 Å². The van der Waals surface area contributed by atoms with Crippen LogP contribution in [-0.2, 0) is 4.74 Å². The number of rotatable bonds is 2. The van der Waals surface area contributed by atoms with Gasteiger partial charge in [0.25, 0.3) is 0 Å². The van der Waals surface area contributed by atoms with E-state index in [2.05, 4.69) is 10.5 Å². The Morgan fingerprint density at radius 3 is 2.33 bits per heavy atom. The molecular weight excluding hydrogens is 144 g/mol. The summed E-state index contributed by atoms with van der Waals surface area (Å²) in [5.74, 6) is 0. The molecule has 1 unspecified atom stereocenters. The molecule has 0 bridgehead atoms. The minimum Gasteiger partial charge on any atom is -0.448 e. The van der Waals surface area contributed by atoms with Gasteiger partial charge in [0.05, 0.1) is 0 Å². The Bertz CT molecular complexity index is 86.6. The Morgan fingerprint density at radius 2 is 2.22 bits per heavy atom. The van der Waals surface area contributed by atoms with Crippen molar-refractivity contribution in [1.29, 1.82) is 0 Å². The molecule has 0 aromatic heterocycles. The van der Waals surface area contributed by atoms with Crippen molar-refractivity contribution in [3.63, 3.8) is 0 Å². The first-order valence-electron chi connectivity index (χ1n) is 2.30. The number of primary amides is 1. The number of nitrogens with two attached hydrogens (primary N) is 2. The molecule has 1 atom stereocenters. The van der Waals surface area contributed by atoms with Crippen molar-refractivity contribution in [2.45, 2.75) is 13.0 Å². The molecule has 0 heterocycles. The van der Waals surface area contributed by atoms with Crippen molar-refractivity contribution < 1.29 is 9.53 Å². The van der Waals surface area contributed by atoms with Gasteiger partial charge < -0.3 is 16.2 Å². The van der Waals surface area contributed by atoms with E-state index in [4.69, 9.17) is 5.73 Å². The van der Waals surface area contributed by atoms with E-state index >= 15 is 0 Å². The van der Waals surface area contributed by atoms with Crippen LogP contribution in [0.25, 0.3) is 0 Å². The van der Waals surface area contributed by atoms with Gasteiger partial charge in [-0.15, -0.1) is 12.4 Å². The van der Waals surface area contributed by atoms with E-state index in [0.29, 0.717) is 0 Å². The van der Waals surface area contributed by atoms with Crippen LogP contribution in [0.15, 0.2) is 0 Å². The molecule has 0 rings (SSSR count). The summed E-state index contributed by atoms with van der Waals surface area (Å²) in [5.41, 5.74) is 9.83. The third-order valence-electron chi connectivity index (χ3n) is 0.488. The van der Waals surface area contributed by atoms with Gasteiger partial charge in [0.15, 0.2) is 0 Å². The minimum atomic E-state index is -0.776. The molecule has 0 aromatic carbocycles. The van der Waals surface area contributed by atoms with E-state index in [9.17, 15) is 4.79 Å². The number of amides is 1. The van der Waals surface area contributed by atoms with Crippen molar-refractivity contribution in [3.8, 4) is 0 Å². The highest BCUT2D eigenvalue weighted by Gasteiger charge is 1.95. The Morgan fingerprint density at radius 1 is 1.78 bits per heavy atom. The molecule has 0 aliphatic rings. The largest absolute Gasteiger partial charge is 0.448 e. The molecular formula is C4H11ClN2O2. The molecule has 4 nitrogen and oxygen atoms in total. The molecule has 0 radical (unpaired) electrons. The fraction of sp³-hybridized carbons (Fsp3) is 0.750. The molecule has 56 valence electrons. The van der Waals surface area contributed by atoms with Gasteiger partial charge in [0, 0.05) is 6.04 Å². The maximum Gasteiger partial charge on any atom is 0.404 e. The van der Waals surface area contributed by atoms with Crippen molar-refractivity contribution in [1.82, 2.24) is 0 Å². The summed E-state index contributed by atoms with van der Waals surface area (Å²) in [4.78, 5) is 9.85. The minimum absolute atomic E-state index is 0. The monoisotopic (exact) mass is 154 g/mol. The zero-order chi connectivity index (χ0) is 6.57. The van der Waals surface area contributed by atoms with Crippen molar-refractivity contribution >= 4 is 18.5 Å². The highest BCUT2D eigenvalue weighted by atomic mass is 35.5. The standard InChI is InChI=1S/C4H10N2O2.ClH/c1-3(5)2-8-4(6)7;/h3H,2,5H2,1H3,(H2,6,7);1H. The predicted octanol–water partition coefficient (Wildman–Crippen LogP) is -0.149. The molecule has 0 saturated carbocycles. The van der Waals surface area contributed by atoms with Gasteiger partial charge in [-0.1, -0.05) is 0 Å². The molecule has 9 heavy (non-hydrogen) atoms. The lowest BCUT2D eigenvalue weighted by atomic mass is 10.4. The average Bonchev–Trinajstić information content (AvgIpc) is 1.61. The Kier molecular flexibility index (Phi) is 7.12. The fourth-order valence-electron chi connectivity index (χ4n) is 0.214. The van der Waals surface area contributed by atoms with E-state index in [1.807, 2.05) is 0 Å². The van der Waals surface area contributed by atoms with Crippen molar-refractivity contribution in [2.75, 3.05) is 6.61 Å². The number of ether oxygens (including phenoxy) is 1. The highest BCUT2D eigenvalue weighted by Crippen LogP contribution is 1.76. The smallest absolute Gasteiger partial charge is 0.404 e. The second kappa shape index (κ2) is 5.65. The molecule has 5 heteroatoms. The van der Waals surface area contributed by atoms with Gasteiger partial charge >= 0.3 is 6.09 Å². The van der Waals surface area contributed by atoms with Crippen LogP contribution < -0.4 is 11.5 Å². The topological polar surface area (TPSA) is 78.3 Å². The summed E-state index contributed by atoms with van der Waals surface area (Å²) in [6, 6.07) is -0.137. The first-order valence-corrected chi connectivity index (χ1v) is 2.30. The SMILES string of the molecule is CC(N)COC(N)=O.Cl. The lowest BCUT2D eigenvalue weighted by Crippen LogP contribution is -2.26. The number of carbonyl (C=O) groups is 1. The van der Waals surface area contributed by atoms with Crippen LogP contribution in [0.1, 0.15) is 6.92 Å². The van der Waals surface area contributed by atoms with Crippen LogP contribution in [0.3, 0.4) is 0 Å². The molecule has 1 amide bonds. The van der Waals surface area contributed by atoms with Gasteiger partial charge in [-0.2, -0.15) is 0 Å². The zero-order valence-electron chi connectivity index (χ0n) is 5.16.